The molecule has 0 spiro atoms. The van der Waals surface area contributed by atoms with E-state index in [2.05, 4.69) is 13.2 Å². The summed E-state index contributed by atoms with van der Waals surface area (Å²) in [7, 11) is 0. The van der Waals surface area contributed by atoms with Crippen LogP contribution in [0.3, 0.4) is 0 Å². The van der Waals surface area contributed by atoms with E-state index in [0.29, 0.717) is 11.1 Å². The van der Waals surface area contributed by atoms with Crippen molar-refractivity contribution in [1.29, 1.82) is 0 Å². The maximum Gasteiger partial charge on any atom is 0.335 e. The fraction of sp³-hybridized carbons (Fsp3) is 0.143. The molecule has 0 atom stereocenters. The van der Waals surface area contributed by atoms with E-state index in [0.717, 1.165) is 12.2 Å². The molecule has 0 radical (unpaired) electrons. The van der Waals surface area contributed by atoms with E-state index in [9.17, 15) is 9.59 Å². The third kappa shape index (κ3) is 7.87. The number of carbonyl (C=O) groups excluding carboxylic acids is 2. The van der Waals surface area contributed by atoms with Crippen molar-refractivity contribution in [2.24, 2.45) is 0 Å². The Bertz CT molecular complexity index is 385. The summed E-state index contributed by atoms with van der Waals surface area (Å²) >= 11 is 0. The quantitative estimate of drug-likeness (QED) is 0.314. The van der Waals surface area contributed by atoms with Crippen molar-refractivity contribution in [3.8, 4) is 0 Å². The predicted octanol–water partition coefficient (Wildman–Crippen LogP) is 2.81. The zero-order chi connectivity index (χ0) is 14.0. The molecule has 0 aromatic carbocycles. The van der Waals surface area contributed by atoms with Gasteiger partial charge < -0.3 is 9.47 Å². The Hall–Kier alpha value is -2.36. The molecular weight excluding hydrogens is 232 g/mol. The highest BCUT2D eigenvalue weighted by Gasteiger charge is 1.98. The second kappa shape index (κ2) is 8.75. The monoisotopic (exact) mass is 248 g/mol. The van der Waals surface area contributed by atoms with E-state index < -0.39 is 11.9 Å². The van der Waals surface area contributed by atoms with Crippen molar-refractivity contribution in [3.63, 3.8) is 0 Å². The average molecular weight is 248 g/mol. The highest BCUT2D eigenvalue weighted by molar-refractivity contribution is 5.92. The molecule has 18 heavy (non-hydrogen) atoms. The Balaban J connectivity index is 4.22. The average Bonchev–Trinajstić information content (AvgIpc) is 2.39. The minimum absolute atomic E-state index is 0.669. The first-order chi connectivity index (χ1) is 8.49. The summed E-state index contributed by atoms with van der Waals surface area (Å²) in [5.41, 5.74) is 1.40. The van der Waals surface area contributed by atoms with Gasteiger partial charge in [0.15, 0.2) is 0 Å². The van der Waals surface area contributed by atoms with Crippen LogP contribution in [-0.4, -0.2) is 11.9 Å². The van der Waals surface area contributed by atoms with Crippen LogP contribution in [0.2, 0.25) is 0 Å². The Morgan fingerprint density at radius 2 is 1.17 bits per heavy atom. The third-order valence-electron chi connectivity index (χ3n) is 1.72. The van der Waals surface area contributed by atoms with Gasteiger partial charge in [0.2, 0.25) is 0 Å². The minimum Gasteiger partial charge on any atom is -0.431 e. The third-order valence-corrected chi connectivity index (χ3v) is 1.72. The van der Waals surface area contributed by atoms with Crippen molar-refractivity contribution in [2.45, 2.75) is 13.8 Å². The maximum atomic E-state index is 11.1. The van der Waals surface area contributed by atoms with Crippen LogP contribution in [-0.2, 0) is 19.1 Å². The number of allylic oxidation sites excluding steroid dienone is 4. The van der Waals surface area contributed by atoms with Gasteiger partial charge in [0.05, 0.1) is 12.5 Å². The normalized spacial score (nSPS) is 12.1. The molecule has 4 heteroatoms. The first kappa shape index (κ1) is 15.6. The van der Waals surface area contributed by atoms with Crippen molar-refractivity contribution in [1.82, 2.24) is 0 Å². The molecule has 0 rings (SSSR count). The molecule has 0 unspecified atom stereocenters. The lowest BCUT2D eigenvalue weighted by Gasteiger charge is -1.95. The molecular formula is C14H16O4. The van der Waals surface area contributed by atoms with Crippen LogP contribution >= 0.6 is 0 Å². The van der Waals surface area contributed by atoms with Gasteiger partial charge in [-0.25, -0.2) is 9.59 Å². The Morgan fingerprint density at radius 1 is 0.833 bits per heavy atom. The van der Waals surface area contributed by atoms with Gasteiger partial charge in [-0.1, -0.05) is 25.3 Å². The zero-order valence-corrected chi connectivity index (χ0v) is 10.5. The van der Waals surface area contributed by atoms with Crippen LogP contribution in [0.5, 0.6) is 0 Å². The molecule has 0 aliphatic rings. The smallest absolute Gasteiger partial charge is 0.335 e. The van der Waals surface area contributed by atoms with Crippen LogP contribution in [0, 0.1) is 0 Å². The lowest BCUT2D eigenvalue weighted by Crippen LogP contribution is -1.99. The first-order valence-corrected chi connectivity index (χ1v) is 5.17. The van der Waals surface area contributed by atoms with Gasteiger partial charge in [-0.05, 0) is 25.0 Å². The molecule has 0 bridgehead atoms. The van der Waals surface area contributed by atoms with Gasteiger partial charge in [0, 0.05) is 12.2 Å². The molecule has 0 saturated heterocycles. The fourth-order valence-corrected chi connectivity index (χ4v) is 0.613. The van der Waals surface area contributed by atoms with Gasteiger partial charge in [-0.3, -0.25) is 0 Å². The minimum atomic E-state index is -0.669. The molecule has 0 N–H and O–H groups in total. The van der Waals surface area contributed by atoms with Gasteiger partial charge in [-0.2, -0.15) is 0 Å². The van der Waals surface area contributed by atoms with Crippen molar-refractivity contribution in [2.75, 3.05) is 0 Å². The predicted molar refractivity (Wildman–Crippen MR) is 69.2 cm³/mol. The largest absolute Gasteiger partial charge is 0.431 e. The van der Waals surface area contributed by atoms with E-state index in [-0.39, 0.29) is 0 Å². The second-order valence-corrected chi connectivity index (χ2v) is 3.34. The summed E-state index contributed by atoms with van der Waals surface area (Å²) < 4.78 is 9.39. The molecule has 0 heterocycles. The molecule has 0 fully saturated rings. The van der Waals surface area contributed by atoms with E-state index in [1.165, 1.54) is 24.7 Å². The van der Waals surface area contributed by atoms with E-state index in [1.54, 1.807) is 13.8 Å². The molecule has 4 nitrogen and oxygen atoms in total. The number of hydrogen-bond donors (Lipinski definition) is 0. The van der Waals surface area contributed by atoms with Crippen molar-refractivity contribution >= 4 is 11.9 Å². The molecule has 96 valence electrons. The van der Waals surface area contributed by atoms with Crippen LogP contribution in [0.25, 0.3) is 0 Å². The summed E-state index contributed by atoms with van der Waals surface area (Å²) in [6.45, 7) is 10.4. The Labute approximate surface area is 107 Å². The highest BCUT2D eigenvalue weighted by atomic mass is 16.5. The number of hydrogen-bond acceptors (Lipinski definition) is 4. The second-order valence-electron chi connectivity index (χ2n) is 3.34. The Kier molecular flexibility index (Phi) is 7.61. The Morgan fingerprint density at radius 3 is 1.44 bits per heavy atom. The van der Waals surface area contributed by atoms with Crippen LogP contribution in [0.4, 0.5) is 0 Å². The van der Waals surface area contributed by atoms with E-state index in [1.807, 2.05) is 0 Å². The molecule has 0 aliphatic carbocycles. The SMILES string of the molecule is C=CC(C)=COC(=O)/C=C\C(=O)OC=C(C)C=C. The van der Waals surface area contributed by atoms with Crippen LogP contribution in [0.1, 0.15) is 13.8 Å². The fourth-order valence-electron chi connectivity index (χ4n) is 0.613. The van der Waals surface area contributed by atoms with Gasteiger partial charge in [-0.15, -0.1) is 0 Å². The maximum absolute atomic E-state index is 11.1. The van der Waals surface area contributed by atoms with Crippen molar-refractivity contribution in [3.05, 3.63) is 61.1 Å². The van der Waals surface area contributed by atoms with E-state index >= 15 is 0 Å². The van der Waals surface area contributed by atoms with Crippen molar-refractivity contribution < 1.29 is 19.1 Å². The summed E-state index contributed by atoms with van der Waals surface area (Å²) in [4.78, 5) is 22.3. The lowest BCUT2D eigenvalue weighted by atomic mass is 10.3. The number of esters is 2. The zero-order valence-electron chi connectivity index (χ0n) is 10.5. The molecule has 0 aromatic heterocycles. The lowest BCUT2D eigenvalue weighted by molar-refractivity contribution is -0.135. The van der Waals surface area contributed by atoms with Crippen LogP contribution in [0.15, 0.2) is 61.1 Å². The number of rotatable bonds is 6. The molecule has 0 saturated carbocycles. The molecule has 0 aromatic rings. The summed E-state index contributed by atoms with van der Waals surface area (Å²) in [5.74, 6) is -1.34. The summed E-state index contributed by atoms with van der Waals surface area (Å²) in [5, 5.41) is 0. The standard InChI is InChI=1S/C14H16O4/c1-5-11(3)9-17-13(15)7-8-14(16)18-10-12(4)6-2/h5-10H,1-2H2,3-4H3/b8-7-,11-9?,12-10?. The number of carbonyl (C=O) groups is 2. The van der Waals surface area contributed by atoms with Gasteiger partial charge in [0.1, 0.15) is 0 Å². The highest BCUT2D eigenvalue weighted by Crippen LogP contribution is 1.96. The first-order valence-electron chi connectivity index (χ1n) is 5.17. The summed E-state index contributed by atoms with van der Waals surface area (Å²) in [6.07, 6.45) is 7.51. The van der Waals surface area contributed by atoms with Gasteiger partial charge >= 0.3 is 11.9 Å². The topological polar surface area (TPSA) is 52.6 Å². The van der Waals surface area contributed by atoms with Crippen LogP contribution < -0.4 is 0 Å². The molecule has 0 amide bonds. The summed E-state index contributed by atoms with van der Waals surface area (Å²) in [6, 6.07) is 0. The molecule has 0 aliphatic heterocycles. The van der Waals surface area contributed by atoms with Gasteiger partial charge in [0.25, 0.3) is 0 Å². The number of ether oxygens (including phenoxy) is 2. The van der Waals surface area contributed by atoms with E-state index in [4.69, 9.17) is 9.47 Å².